The predicted molar refractivity (Wildman–Crippen MR) is 137 cm³/mol. The van der Waals surface area contributed by atoms with Crippen LogP contribution in [0, 0.1) is 19.3 Å². The summed E-state index contributed by atoms with van der Waals surface area (Å²) in [7, 11) is 0. The number of carbonyl (C=O) groups excluding carboxylic acids is 1. The van der Waals surface area contributed by atoms with E-state index in [0.717, 1.165) is 22.3 Å². The number of benzene rings is 2. The number of aromatic nitrogens is 5. The number of hydrogen-bond donors (Lipinski definition) is 3. The van der Waals surface area contributed by atoms with Crippen molar-refractivity contribution in [1.82, 2.24) is 24.9 Å². The smallest absolute Gasteiger partial charge is 0.255 e. The second kappa shape index (κ2) is 9.25. The zero-order valence-corrected chi connectivity index (χ0v) is 19.3. The quantitative estimate of drug-likeness (QED) is 0.293. The van der Waals surface area contributed by atoms with Crippen molar-refractivity contribution in [3.05, 3.63) is 89.1 Å². The number of terminal acetylenes is 1. The van der Waals surface area contributed by atoms with E-state index >= 15 is 0 Å². The van der Waals surface area contributed by atoms with Gasteiger partial charge in [-0.1, -0.05) is 23.6 Å². The van der Waals surface area contributed by atoms with Gasteiger partial charge in [0.15, 0.2) is 5.65 Å². The van der Waals surface area contributed by atoms with E-state index in [2.05, 4.69) is 41.5 Å². The number of aryl methyl sites for hydroxylation is 1. The molecule has 0 unspecified atom stereocenters. The summed E-state index contributed by atoms with van der Waals surface area (Å²) in [6.07, 6.45) is 10.2. The molecule has 0 fully saturated rings. The average molecular weight is 480 g/mol. The van der Waals surface area contributed by atoms with Crippen LogP contribution in [-0.4, -0.2) is 30.8 Å². The fraction of sp³-hybridized carbons (Fsp3) is 0.0385. The van der Waals surface area contributed by atoms with E-state index in [1.165, 1.54) is 6.33 Å². The van der Waals surface area contributed by atoms with E-state index in [-0.39, 0.29) is 5.91 Å². The number of H-pyrrole nitrogens is 1. The summed E-state index contributed by atoms with van der Waals surface area (Å²) in [5.41, 5.74) is 5.97. The molecule has 0 aliphatic heterocycles. The first kappa shape index (κ1) is 22.1. The van der Waals surface area contributed by atoms with Crippen LogP contribution in [-0.2, 0) is 0 Å². The summed E-state index contributed by atoms with van der Waals surface area (Å²) in [5, 5.41) is 6.70. The van der Waals surface area contributed by atoms with Crippen LogP contribution in [0.25, 0.3) is 22.4 Å². The van der Waals surface area contributed by atoms with Crippen molar-refractivity contribution in [1.29, 1.82) is 0 Å². The van der Waals surface area contributed by atoms with E-state index in [0.29, 0.717) is 39.0 Å². The third-order valence-electron chi connectivity index (χ3n) is 5.42. The molecule has 0 saturated carbocycles. The van der Waals surface area contributed by atoms with Gasteiger partial charge in [0.2, 0.25) is 0 Å². The number of imidazole rings is 1. The standard InChI is InChI=1S/C26H18ClN7O/c1-3-16-11-17(7-9-20(16)27)26(35)33-18-8-6-15(2)21(12-18)34-24-19(5-4-10-28-24)22-23-25(31-13-29-22)32-14-30-23/h1,4-14H,2H3,(H,28,34)(H,33,35)(H,29,30,31,32). The van der Waals surface area contributed by atoms with E-state index in [1.54, 1.807) is 30.7 Å². The molecule has 3 heterocycles. The Bertz CT molecular complexity index is 1620. The number of anilines is 3. The van der Waals surface area contributed by atoms with Crippen LogP contribution in [0.4, 0.5) is 17.2 Å². The molecule has 170 valence electrons. The maximum atomic E-state index is 12.8. The Balaban J connectivity index is 1.45. The third kappa shape index (κ3) is 4.40. The first-order valence-electron chi connectivity index (χ1n) is 10.6. The molecule has 0 aliphatic carbocycles. The molecule has 1 amide bonds. The molecule has 9 heteroatoms. The summed E-state index contributed by atoms with van der Waals surface area (Å²) in [4.78, 5) is 33.2. The number of carbonyl (C=O) groups is 1. The fourth-order valence-corrected chi connectivity index (χ4v) is 3.78. The van der Waals surface area contributed by atoms with Gasteiger partial charge in [0, 0.05) is 34.3 Å². The third-order valence-corrected chi connectivity index (χ3v) is 5.75. The maximum absolute atomic E-state index is 12.8. The molecule has 2 aromatic carbocycles. The molecule has 0 bridgehead atoms. The maximum Gasteiger partial charge on any atom is 0.255 e. The van der Waals surface area contributed by atoms with Crippen LogP contribution in [0.3, 0.4) is 0 Å². The molecule has 0 aliphatic rings. The Labute approximate surface area is 205 Å². The lowest BCUT2D eigenvalue weighted by atomic mass is 10.1. The zero-order chi connectivity index (χ0) is 24.4. The summed E-state index contributed by atoms with van der Waals surface area (Å²) >= 11 is 6.06. The summed E-state index contributed by atoms with van der Waals surface area (Å²) in [5.74, 6) is 2.79. The molecule has 35 heavy (non-hydrogen) atoms. The van der Waals surface area contributed by atoms with E-state index in [9.17, 15) is 4.79 Å². The molecule has 0 saturated heterocycles. The summed E-state index contributed by atoms with van der Waals surface area (Å²) in [6, 6.07) is 14.2. The number of nitrogens with one attached hydrogen (secondary N) is 3. The SMILES string of the molecule is C#Cc1cc(C(=O)Nc2ccc(C)c(Nc3ncccc3-c3ncnc4nc[nH]c34)c2)ccc1Cl. The summed E-state index contributed by atoms with van der Waals surface area (Å²) < 4.78 is 0. The minimum atomic E-state index is -0.297. The molecule has 5 rings (SSSR count). The predicted octanol–water partition coefficient (Wildman–Crippen LogP) is 5.35. The number of hydrogen-bond acceptors (Lipinski definition) is 6. The van der Waals surface area contributed by atoms with Crippen molar-refractivity contribution < 1.29 is 4.79 Å². The molecule has 3 N–H and O–H groups in total. The number of pyridine rings is 1. The highest BCUT2D eigenvalue weighted by molar-refractivity contribution is 6.31. The molecule has 0 spiro atoms. The van der Waals surface area contributed by atoms with Gasteiger partial charge in [0.1, 0.15) is 23.4 Å². The molecule has 0 atom stereocenters. The van der Waals surface area contributed by atoms with E-state index in [4.69, 9.17) is 18.0 Å². The van der Waals surface area contributed by atoms with Gasteiger partial charge < -0.3 is 15.6 Å². The van der Waals surface area contributed by atoms with Crippen molar-refractivity contribution in [2.45, 2.75) is 6.92 Å². The van der Waals surface area contributed by atoms with Gasteiger partial charge in [0.05, 0.1) is 11.3 Å². The van der Waals surface area contributed by atoms with Crippen molar-refractivity contribution >= 4 is 45.9 Å². The molecule has 0 radical (unpaired) electrons. The van der Waals surface area contributed by atoms with Gasteiger partial charge in [-0.3, -0.25) is 4.79 Å². The molecular formula is C26H18ClN7O. The van der Waals surface area contributed by atoms with Gasteiger partial charge in [-0.05, 0) is 55.0 Å². The lowest BCUT2D eigenvalue weighted by Gasteiger charge is -2.14. The van der Waals surface area contributed by atoms with Crippen LogP contribution >= 0.6 is 11.6 Å². The van der Waals surface area contributed by atoms with Crippen molar-refractivity contribution in [2.75, 3.05) is 10.6 Å². The molecule has 8 nitrogen and oxygen atoms in total. The lowest BCUT2D eigenvalue weighted by molar-refractivity contribution is 0.102. The monoisotopic (exact) mass is 479 g/mol. The van der Waals surface area contributed by atoms with Crippen LogP contribution in [0.15, 0.2) is 67.4 Å². The topological polar surface area (TPSA) is 108 Å². The first-order valence-corrected chi connectivity index (χ1v) is 11.0. The lowest BCUT2D eigenvalue weighted by Crippen LogP contribution is -2.12. The Morgan fingerprint density at radius 3 is 2.83 bits per heavy atom. The second-order valence-electron chi connectivity index (χ2n) is 7.67. The number of rotatable bonds is 5. The van der Waals surface area contributed by atoms with Crippen molar-refractivity contribution in [2.24, 2.45) is 0 Å². The molecule has 5 aromatic rings. The Kier molecular flexibility index (Phi) is 5.83. The average Bonchev–Trinajstić information content (AvgIpc) is 3.36. The Morgan fingerprint density at radius 1 is 1.09 bits per heavy atom. The highest BCUT2D eigenvalue weighted by Gasteiger charge is 2.15. The van der Waals surface area contributed by atoms with Gasteiger partial charge in [-0.25, -0.2) is 19.9 Å². The zero-order valence-electron chi connectivity index (χ0n) is 18.5. The molecular weight excluding hydrogens is 462 g/mol. The summed E-state index contributed by atoms with van der Waals surface area (Å²) in [6.45, 7) is 1.97. The van der Waals surface area contributed by atoms with Gasteiger partial charge in [0.25, 0.3) is 5.91 Å². The highest BCUT2D eigenvalue weighted by Crippen LogP contribution is 2.32. The van der Waals surface area contributed by atoms with Crippen molar-refractivity contribution in [3.8, 4) is 23.6 Å². The second-order valence-corrected chi connectivity index (χ2v) is 8.08. The number of halogens is 1. The Hall–Kier alpha value is -4.74. The first-order chi connectivity index (χ1) is 17.0. The highest BCUT2D eigenvalue weighted by atomic mass is 35.5. The number of fused-ring (bicyclic) bond motifs is 1. The minimum absolute atomic E-state index is 0.297. The normalized spacial score (nSPS) is 10.7. The minimum Gasteiger partial charge on any atom is -0.341 e. The van der Waals surface area contributed by atoms with Gasteiger partial charge in [-0.2, -0.15) is 0 Å². The van der Waals surface area contributed by atoms with E-state index in [1.807, 2.05) is 37.3 Å². The number of nitrogens with zero attached hydrogens (tertiary/aromatic N) is 4. The molecule has 3 aromatic heterocycles. The van der Waals surface area contributed by atoms with Crippen LogP contribution in [0.5, 0.6) is 0 Å². The fourth-order valence-electron chi connectivity index (χ4n) is 3.61. The van der Waals surface area contributed by atoms with Gasteiger partial charge >= 0.3 is 0 Å². The van der Waals surface area contributed by atoms with Crippen LogP contribution in [0.1, 0.15) is 21.5 Å². The van der Waals surface area contributed by atoms with E-state index < -0.39 is 0 Å². The van der Waals surface area contributed by atoms with Crippen LogP contribution in [0.2, 0.25) is 5.02 Å². The largest absolute Gasteiger partial charge is 0.341 e. The number of aromatic amines is 1. The Morgan fingerprint density at radius 2 is 1.97 bits per heavy atom. The van der Waals surface area contributed by atoms with Crippen LogP contribution < -0.4 is 10.6 Å². The van der Waals surface area contributed by atoms with Crippen molar-refractivity contribution in [3.63, 3.8) is 0 Å². The number of amides is 1. The van der Waals surface area contributed by atoms with Gasteiger partial charge in [-0.15, -0.1) is 6.42 Å².